The second-order valence-electron chi connectivity index (χ2n) is 6.42. The molecule has 0 spiro atoms. The standard InChI is InChI=1S/C19H27NO4/c1-3-4-13-20-18(22)16-7-5-6-12-19(16,23)17(21)14-8-10-15(24-2)11-9-14/h8-11,16,23H,3-7,12-13H2,1-2H3,(H,20,22). The fourth-order valence-electron chi connectivity index (χ4n) is 3.28. The van der Waals surface area contributed by atoms with Gasteiger partial charge in [0, 0.05) is 12.1 Å². The minimum Gasteiger partial charge on any atom is -0.497 e. The number of Topliss-reactive ketones (excluding diaryl/α,β-unsaturated/α-hetero) is 1. The zero-order valence-corrected chi connectivity index (χ0v) is 14.5. The fraction of sp³-hybridized carbons (Fsp3) is 0.579. The Hall–Kier alpha value is -1.88. The van der Waals surface area contributed by atoms with E-state index in [0.29, 0.717) is 30.7 Å². The van der Waals surface area contributed by atoms with Crippen molar-refractivity contribution in [2.75, 3.05) is 13.7 Å². The van der Waals surface area contributed by atoms with Crippen molar-refractivity contribution in [1.29, 1.82) is 0 Å². The minimum atomic E-state index is -1.62. The average Bonchev–Trinajstić information content (AvgIpc) is 2.61. The van der Waals surface area contributed by atoms with Crippen LogP contribution in [0.1, 0.15) is 55.8 Å². The number of hydrogen-bond acceptors (Lipinski definition) is 4. The maximum absolute atomic E-state index is 12.9. The summed E-state index contributed by atoms with van der Waals surface area (Å²) >= 11 is 0. The lowest BCUT2D eigenvalue weighted by Gasteiger charge is -2.37. The van der Waals surface area contributed by atoms with Gasteiger partial charge in [-0.3, -0.25) is 9.59 Å². The maximum Gasteiger partial charge on any atom is 0.226 e. The highest BCUT2D eigenvalue weighted by atomic mass is 16.5. The Labute approximate surface area is 143 Å². The molecule has 1 fully saturated rings. The van der Waals surface area contributed by atoms with Gasteiger partial charge in [0.1, 0.15) is 11.4 Å². The SMILES string of the molecule is CCCCNC(=O)C1CCCCC1(O)C(=O)c1ccc(OC)cc1. The van der Waals surface area contributed by atoms with Gasteiger partial charge in [-0.15, -0.1) is 0 Å². The van der Waals surface area contributed by atoms with Crippen LogP contribution in [0.2, 0.25) is 0 Å². The van der Waals surface area contributed by atoms with Gasteiger partial charge in [-0.25, -0.2) is 0 Å². The Morgan fingerprint density at radius 2 is 2.00 bits per heavy atom. The molecule has 2 atom stereocenters. The Bertz CT molecular complexity index is 569. The number of ether oxygens (including phenoxy) is 1. The second-order valence-corrected chi connectivity index (χ2v) is 6.42. The summed E-state index contributed by atoms with van der Waals surface area (Å²) in [5.74, 6) is -0.623. The van der Waals surface area contributed by atoms with Gasteiger partial charge in [-0.1, -0.05) is 26.2 Å². The molecular weight excluding hydrogens is 306 g/mol. The van der Waals surface area contributed by atoms with E-state index in [2.05, 4.69) is 12.2 Å². The van der Waals surface area contributed by atoms with Crippen LogP contribution in [-0.4, -0.2) is 36.1 Å². The van der Waals surface area contributed by atoms with E-state index in [1.54, 1.807) is 31.4 Å². The van der Waals surface area contributed by atoms with Crippen molar-refractivity contribution in [3.05, 3.63) is 29.8 Å². The van der Waals surface area contributed by atoms with E-state index >= 15 is 0 Å². The van der Waals surface area contributed by atoms with Crippen LogP contribution in [0.3, 0.4) is 0 Å². The molecule has 24 heavy (non-hydrogen) atoms. The number of amides is 1. The van der Waals surface area contributed by atoms with Crippen LogP contribution in [0.5, 0.6) is 5.75 Å². The topological polar surface area (TPSA) is 75.6 Å². The van der Waals surface area contributed by atoms with E-state index in [-0.39, 0.29) is 11.7 Å². The molecule has 2 rings (SSSR count). The minimum absolute atomic E-state index is 0.215. The van der Waals surface area contributed by atoms with Gasteiger partial charge >= 0.3 is 0 Å². The van der Waals surface area contributed by atoms with Gasteiger partial charge < -0.3 is 15.2 Å². The molecule has 5 heteroatoms. The number of rotatable bonds is 7. The van der Waals surface area contributed by atoms with Gasteiger partial charge in [0.2, 0.25) is 5.91 Å². The predicted molar refractivity (Wildman–Crippen MR) is 92.2 cm³/mol. The Morgan fingerprint density at radius 1 is 1.29 bits per heavy atom. The molecule has 1 aliphatic rings. The summed E-state index contributed by atoms with van der Waals surface area (Å²) < 4.78 is 5.10. The highest BCUT2D eigenvalue weighted by Gasteiger charge is 2.48. The molecule has 132 valence electrons. The normalized spacial score (nSPS) is 23.5. The van der Waals surface area contributed by atoms with Crippen molar-refractivity contribution >= 4 is 11.7 Å². The molecule has 1 aliphatic carbocycles. The number of carbonyl (C=O) groups is 2. The van der Waals surface area contributed by atoms with Crippen LogP contribution in [-0.2, 0) is 4.79 Å². The summed E-state index contributed by atoms with van der Waals surface area (Å²) in [5, 5.41) is 13.9. The predicted octanol–water partition coefficient (Wildman–Crippen LogP) is 2.72. The third kappa shape index (κ3) is 3.96. The quantitative estimate of drug-likeness (QED) is 0.594. The van der Waals surface area contributed by atoms with Crippen LogP contribution in [0, 0.1) is 5.92 Å². The monoisotopic (exact) mass is 333 g/mol. The molecule has 5 nitrogen and oxygen atoms in total. The number of aliphatic hydroxyl groups is 1. The Balaban J connectivity index is 2.18. The summed E-state index contributed by atoms with van der Waals surface area (Å²) in [6.07, 6.45) is 4.34. The molecule has 0 heterocycles. The molecule has 1 aromatic carbocycles. The van der Waals surface area contributed by atoms with Crippen molar-refractivity contribution in [2.24, 2.45) is 5.92 Å². The number of methoxy groups -OCH3 is 1. The van der Waals surface area contributed by atoms with Crippen LogP contribution >= 0.6 is 0 Å². The van der Waals surface area contributed by atoms with E-state index in [4.69, 9.17) is 4.74 Å². The molecule has 0 radical (unpaired) electrons. The van der Waals surface area contributed by atoms with Crippen LogP contribution in [0.4, 0.5) is 0 Å². The first kappa shape index (κ1) is 18.5. The van der Waals surface area contributed by atoms with Crippen molar-refractivity contribution in [3.63, 3.8) is 0 Å². The zero-order valence-electron chi connectivity index (χ0n) is 14.5. The molecule has 2 unspecified atom stereocenters. The lowest BCUT2D eigenvalue weighted by Crippen LogP contribution is -2.54. The first-order chi connectivity index (χ1) is 11.5. The molecular formula is C19H27NO4. The number of carbonyl (C=O) groups excluding carboxylic acids is 2. The van der Waals surface area contributed by atoms with Gasteiger partial charge in [-0.2, -0.15) is 0 Å². The van der Waals surface area contributed by atoms with E-state index in [0.717, 1.165) is 25.7 Å². The molecule has 1 amide bonds. The van der Waals surface area contributed by atoms with E-state index < -0.39 is 11.5 Å². The number of benzene rings is 1. The highest BCUT2D eigenvalue weighted by molar-refractivity contribution is 6.05. The molecule has 0 aromatic heterocycles. The van der Waals surface area contributed by atoms with Gasteiger partial charge in [0.15, 0.2) is 5.78 Å². The van der Waals surface area contributed by atoms with E-state index in [9.17, 15) is 14.7 Å². The zero-order chi connectivity index (χ0) is 17.6. The highest BCUT2D eigenvalue weighted by Crippen LogP contribution is 2.37. The molecule has 1 saturated carbocycles. The van der Waals surface area contributed by atoms with Gasteiger partial charge in [0.25, 0.3) is 0 Å². The first-order valence-corrected chi connectivity index (χ1v) is 8.72. The van der Waals surface area contributed by atoms with E-state index in [1.165, 1.54) is 0 Å². The molecule has 0 aliphatic heterocycles. The summed E-state index contributed by atoms with van der Waals surface area (Å²) in [6, 6.07) is 6.66. The number of unbranched alkanes of at least 4 members (excludes halogenated alkanes) is 1. The largest absolute Gasteiger partial charge is 0.497 e. The summed E-state index contributed by atoms with van der Waals surface area (Å²) in [5.41, 5.74) is -1.21. The lowest BCUT2D eigenvalue weighted by atomic mass is 9.71. The first-order valence-electron chi connectivity index (χ1n) is 8.72. The van der Waals surface area contributed by atoms with E-state index in [1.807, 2.05) is 0 Å². The maximum atomic E-state index is 12.9. The van der Waals surface area contributed by atoms with Crippen molar-refractivity contribution in [2.45, 2.75) is 51.0 Å². The van der Waals surface area contributed by atoms with Crippen molar-refractivity contribution < 1.29 is 19.4 Å². The second kappa shape index (κ2) is 8.29. The summed E-state index contributed by atoms with van der Waals surface area (Å²) in [6.45, 7) is 2.63. The summed E-state index contributed by atoms with van der Waals surface area (Å²) in [4.78, 5) is 25.4. The van der Waals surface area contributed by atoms with Crippen LogP contribution in [0.15, 0.2) is 24.3 Å². The van der Waals surface area contributed by atoms with Crippen molar-refractivity contribution in [1.82, 2.24) is 5.32 Å². The van der Waals surface area contributed by atoms with Crippen LogP contribution < -0.4 is 10.1 Å². The van der Waals surface area contributed by atoms with Gasteiger partial charge in [-0.05, 0) is 43.5 Å². The molecule has 1 aromatic rings. The third-order valence-electron chi connectivity index (χ3n) is 4.77. The molecule has 2 N–H and O–H groups in total. The van der Waals surface area contributed by atoms with Crippen LogP contribution in [0.25, 0.3) is 0 Å². The average molecular weight is 333 g/mol. The lowest BCUT2D eigenvalue weighted by molar-refractivity contribution is -0.134. The summed E-state index contributed by atoms with van der Waals surface area (Å²) in [7, 11) is 1.56. The van der Waals surface area contributed by atoms with Gasteiger partial charge in [0.05, 0.1) is 13.0 Å². The number of nitrogens with one attached hydrogen (secondary N) is 1. The number of hydrogen-bond donors (Lipinski definition) is 2. The number of ketones is 1. The Morgan fingerprint density at radius 3 is 2.62 bits per heavy atom. The smallest absolute Gasteiger partial charge is 0.226 e. The van der Waals surface area contributed by atoms with Crippen molar-refractivity contribution in [3.8, 4) is 5.75 Å². The fourth-order valence-corrected chi connectivity index (χ4v) is 3.28. The Kier molecular flexibility index (Phi) is 6.37. The molecule has 0 saturated heterocycles. The third-order valence-corrected chi connectivity index (χ3v) is 4.77. The molecule has 0 bridgehead atoms.